The molecule has 1 aliphatic rings. The van der Waals surface area contributed by atoms with E-state index in [0.717, 1.165) is 31.1 Å². The summed E-state index contributed by atoms with van der Waals surface area (Å²) < 4.78 is 1.85. The Hall–Kier alpha value is -1.50. The summed E-state index contributed by atoms with van der Waals surface area (Å²) in [5.74, 6) is 0.145. The lowest BCUT2D eigenvalue weighted by atomic mass is 10.4. The smallest absolute Gasteiger partial charge is 0.241 e. The Morgan fingerprint density at radius 2 is 2.16 bits per heavy atom. The van der Waals surface area contributed by atoms with Crippen molar-refractivity contribution in [3.8, 4) is 0 Å². The standard InChI is InChI=1S/C12H18N4O2S/c1-15-7-4-13-12(15)19-9-10(17)14-8-11(18)16-5-2-3-6-16/h4,7H,2-3,5-6,8-9H2,1H3,(H,14,17). The van der Waals surface area contributed by atoms with Crippen molar-refractivity contribution in [1.29, 1.82) is 0 Å². The molecule has 0 bridgehead atoms. The molecule has 19 heavy (non-hydrogen) atoms. The van der Waals surface area contributed by atoms with Crippen molar-refractivity contribution in [2.75, 3.05) is 25.4 Å². The molecule has 0 spiro atoms. The molecule has 0 aliphatic carbocycles. The molecule has 1 aromatic rings. The van der Waals surface area contributed by atoms with Gasteiger partial charge in [-0.3, -0.25) is 9.59 Å². The van der Waals surface area contributed by atoms with Gasteiger partial charge in [-0.15, -0.1) is 0 Å². The van der Waals surface area contributed by atoms with E-state index < -0.39 is 0 Å². The molecule has 0 radical (unpaired) electrons. The van der Waals surface area contributed by atoms with Gasteiger partial charge in [-0.05, 0) is 12.8 Å². The molecule has 2 amide bonds. The fourth-order valence-electron chi connectivity index (χ4n) is 1.92. The van der Waals surface area contributed by atoms with Gasteiger partial charge in [0.05, 0.1) is 12.3 Å². The second kappa shape index (κ2) is 6.60. The number of nitrogens with one attached hydrogen (secondary N) is 1. The topological polar surface area (TPSA) is 67.2 Å². The van der Waals surface area contributed by atoms with Crippen LogP contribution < -0.4 is 5.32 Å². The number of aromatic nitrogens is 2. The highest BCUT2D eigenvalue weighted by Gasteiger charge is 2.18. The van der Waals surface area contributed by atoms with E-state index in [1.54, 1.807) is 11.1 Å². The van der Waals surface area contributed by atoms with Crippen molar-refractivity contribution in [2.45, 2.75) is 18.0 Å². The largest absolute Gasteiger partial charge is 0.346 e. The van der Waals surface area contributed by atoms with E-state index in [0.29, 0.717) is 0 Å². The van der Waals surface area contributed by atoms with Gasteiger partial charge >= 0.3 is 0 Å². The third-order valence-electron chi connectivity index (χ3n) is 3.00. The average molecular weight is 282 g/mol. The van der Waals surface area contributed by atoms with Crippen LogP contribution in [0.1, 0.15) is 12.8 Å². The summed E-state index contributed by atoms with van der Waals surface area (Å²) in [6, 6.07) is 0. The summed E-state index contributed by atoms with van der Waals surface area (Å²) in [7, 11) is 1.88. The van der Waals surface area contributed by atoms with Crippen LogP contribution in [0.15, 0.2) is 17.6 Å². The molecule has 2 rings (SSSR count). The summed E-state index contributed by atoms with van der Waals surface area (Å²) >= 11 is 1.36. The normalized spacial score (nSPS) is 14.7. The van der Waals surface area contributed by atoms with Crippen molar-refractivity contribution in [3.05, 3.63) is 12.4 Å². The molecular weight excluding hydrogens is 264 g/mol. The number of rotatable bonds is 5. The van der Waals surface area contributed by atoms with Crippen molar-refractivity contribution >= 4 is 23.6 Å². The summed E-state index contributed by atoms with van der Waals surface area (Å²) in [4.78, 5) is 29.3. The lowest BCUT2D eigenvalue weighted by Crippen LogP contribution is -2.39. The predicted octanol–water partition coefficient (Wildman–Crippen LogP) is 0.251. The van der Waals surface area contributed by atoms with Gasteiger partial charge < -0.3 is 14.8 Å². The number of carbonyl (C=O) groups is 2. The first-order chi connectivity index (χ1) is 9.16. The van der Waals surface area contributed by atoms with Gasteiger partial charge in [-0.2, -0.15) is 0 Å². The number of aryl methyl sites for hydroxylation is 1. The minimum atomic E-state index is -0.138. The zero-order valence-electron chi connectivity index (χ0n) is 11.0. The van der Waals surface area contributed by atoms with E-state index >= 15 is 0 Å². The first-order valence-electron chi connectivity index (χ1n) is 6.31. The number of amides is 2. The SMILES string of the molecule is Cn1ccnc1SCC(=O)NCC(=O)N1CCCC1. The highest BCUT2D eigenvalue weighted by atomic mass is 32.2. The maximum absolute atomic E-state index is 11.7. The van der Waals surface area contributed by atoms with Crippen molar-refractivity contribution < 1.29 is 9.59 Å². The number of carbonyl (C=O) groups excluding carboxylic acids is 2. The Labute approximate surface area is 116 Å². The fraction of sp³-hybridized carbons (Fsp3) is 0.583. The van der Waals surface area contributed by atoms with E-state index in [4.69, 9.17) is 0 Å². The van der Waals surface area contributed by atoms with E-state index in [9.17, 15) is 9.59 Å². The Morgan fingerprint density at radius 1 is 1.42 bits per heavy atom. The molecule has 1 saturated heterocycles. The van der Waals surface area contributed by atoms with Gasteiger partial charge in [0.2, 0.25) is 11.8 Å². The molecule has 1 N–H and O–H groups in total. The molecule has 1 fully saturated rings. The van der Waals surface area contributed by atoms with E-state index in [1.165, 1.54) is 11.8 Å². The highest BCUT2D eigenvalue weighted by molar-refractivity contribution is 7.99. The Bertz CT molecular complexity index is 454. The molecule has 0 aromatic carbocycles. The first kappa shape index (κ1) is 13.9. The van der Waals surface area contributed by atoms with Crippen LogP contribution in [0.25, 0.3) is 0 Å². The molecule has 0 atom stereocenters. The summed E-state index contributed by atoms with van der Waals surface area (Å²) in [5, 5.41) is 3.45. The van der Waals surface area contributed by atoms with Crippen LogP contribution in [0.4, 0.5) is 0 Å². The summed E-state index contributed by atoms with van der Waals surface area (Å²) in [6.07, 6.45) is 5.65. The second-order valence-corrected chi connectivity index (χ2v) is 5.42. The van der Waals surface area contributed by atoms with Gasteiger partial charge in [0.1, 0.15) is 0 Å². The minimum Gasteiger partial charge on any atom is -0.346 e. The Kier molecular flexibility index (Phi) is 4.84. The Morgan fingerprint density at radius 3 is 2.79 bits per heavy atom. The quantitative estimate of drug-likeness (QED) is 0.786. The zero-order valence-corrected chi connectivity index (χ0v) is 11.8. The maximum atomic E-state index is 11.7. The van der Waals surface area contributed by atoms with Gasteiger partial charge in [0.15, 0.2) is 5.16 Å². The molecule has 7 heteroatoms. The van der Waals surface area contributed by atoms with Crippen LogP contribution >= 0.6 is 11.8 Å². The molecule has 6 nitrogen and oxygen atoms in total. The van der Waals surface area contributed by atoms with Crippen LogP contribution in [0.3, 0.4) is 0 Å². The van der Waals surface area contributed by atoms with E-state index in [1.807, 2.05) is 17.8 Å². The third-order valence-corrected chi connectivity index (χ3v) is 4.06. The van der Waals surface area contributed by atoms with Crippen LogP contribution in [0, 0.1) is 0 Å². The van der Waals surface area contributed by atoms with Gasteiger partial charge in [0, 0.05) is 32.5 Å². The molecule has 0 saturated carbocycles. The number of thioether (sulfide) groups is 1. The molecule has 1 aromatic heterocycles. The van der Waals surface area contributed by atoms with Gasteiger partial charge in [0.25, 0.3) is 0 Å². The third kappa shape index (κ3) is 3.99. The zero-order chi connectivity index (χ0) is 13.7. The number of hydrogen-bond donors (Lipinski definition) is 1. The summed E-state index contributed by atoms with van der Waals surface area (Å²) in [5.41, 5.74) is 0. The number of nitrogens with zero attached hydrogens (tertiary/aromatic N) is 3. The van der Waals surface area contributed by atoms with Crippen LogP contribution in [0.2, 0.25) is 0 Å². The second-order valence-electron chi connectivity index (χ2n) is 4.47. The van der Waals surface area contributed by atoms with Gasteiger partial charge in [-0.25, -0.2) is 4.98 Å². The molecule has 104 valence electrons. The van der Waals surface area contributed by atoms with Crippen molar-refractivity contribution in [3.63, 3.8) is 0 Å². The Balaban J connectivity index is 1.67. The van der Waals surface area contributed by atoms with Crippen molar-refractivity contribution in [1.82, 2.24) is 19.8 Å². The lowest BCUT2D eigenvalue weighted by Gasteiger charge is -2.15. The van der Waals surface area contributed by atoms with Crippen LogP contribution in [-0.2, 0) is 16.6 Å². The van der Waals surface area contributed by atoms with E-state index in [2.05, 4.69) is 10.3 Å². The van der Waals surface area contributed by atoms with Crippen LogP contribution in [0.5, 0.6) is 0 Å². The maximum Gasteiger partial charge on any atom is 0.241 e. The first-order valence-corrected chi connectivity index (χ1v) is 7.30. The van der Waals surface area contributed by atoms with Crippen molar-refractivity contribution in [2.24, 2.45) is 7.05 Å². The van der Waals surface area contributed by atoms with Gasteiger partial charge in [-0.1, -0.05) is 11.8 Å². The fourth-order valence-corrected chi connectivity index (χ4v) is 2.69. The molecule has 0 unspecified atom stereocenters. The monoisotopic (exact) mass is 282 g/mol. The van der Waals surface area contributed by atoms with E-state index in [-0.39, 0.29) is 24.1 Å². The average Bonchev–Trinajstić information content (AvgIpc) is 3.05. The summed E-state index contributed by atoms with van der Waals surface area (Å²) in [6.45, 7) is 1.73. The minimum absolute atomic E-state index is 0.00726. The molecule has 2 heterocycles. The predicted molar refractivity (Wildman–Crippen MR) is 72.8 cm³/mol. The molecular formula is C12H18N4O2S. The lowest BCUT2D eigenvalue weighted by molar-refractivity contribution is -0.131. The molecule has 1 aliphatic heterocycles. The number of imidazole rings is 1. The number of hydrogen-bond acceptors (Lipinski definition) is 4. The highest BCUT2D eigenvalue weighted by Crippen LogP contribution is 2.13. The van der Waals surface area contributed by atoms with Crippen LogP contribution in [-0.4, -0.2) is 51.7 Å². The number of likely N-dealkylation sites (tertiary alicyclic amines) is 1.